The number of carbonyl (C=O) groups is 2. The predicted molar refractivity (Wildman–Crippen MR) is 116 cm³/mol. The molecule has 1 aliphatic heterocycles. The van der Waals surface area contributed by atoms with Crippen LogP contribution >= 0.6 is 0 Å². The molecule has 0 aliphatic carbocycles. The number of ether oxygens (including phenoxy) is 1. The van der Waals surface area contributed by atoms with Gasteiger partial charge in [0.1, 0.15) is 5.75 Å². The summed E-state index contributed by atoms with van der Waals surface area (Å²) in [5.74, 6) is -0.914. The quantitative estimate of drug-likeness (QED) is 0.463. The Morgan fingerprint density at radius 1 is 1.29 bits per heavy atom. The van der Waals surface area contributed by atoms with Crippen LogP contribution < -0.4 is 15.5 Å². The highest BCUT2D eigenvalue weighted by molar-refractivity contribution is 5.92. The number of pyridine rings is 1. The lowest BCUT2D eigenvalue weighted by molar-refractivity contribution is -0.140. The van der Waals surface area contributed by atoms with E-state index in [2.05, 4.69) is 10.3 Å². The van der Waals surface area contributed by atoms with Crippen molar-refractivity contribution in [3.63, 3.8) is 0 Å². The number of carboxylic acids is 1. The maximum absolute atomic E-state index is 12.5. The van der Waals surface area contributed by atoms with Gasteiger partial charge in [0.15, 0.2) is 11.3 Å². The van der Waals surface area contributed by atoms with E-state index in [1.54, 1.807) is 6.92 Å². The van der Waals surface area contributed by atoms with Crippen LogP contribution in [0.25, 0.3) is 0 Å². The molecule has 0 saturated carbocycles. The zero-order valence-corrected chi connectivity index (χ0v) is 18.1. The lowest BCUT2D eigenvalue weighted by Crippen LogP contribution is -2.31. The number of fused-ring (bicyclic) bond motifs is 1. The lowest BCUT2D eigenvalue weighted by atomic mass is 9.91. The molecule has 0 fully saturated rings. The van der Waals surface area contributed by atoms with E-state index in [9.17, 15) is 14.8 Å². The van der Waals surface area contributed by atoms with Crippen LogP contribution in [-0.2, 0) is 16.0 Å². The molecule has 2 unspecified atom stereocenters. The van der Waals surface area contributed by atoms with E-state index >= 15 is 0 Å². The first kappa shape index (κ1) is 22.4. The van der Waals surface area contributed by atoms with E-state index in [0.29, 0.717) is 37.2 Å². The Kier molecular flexibility index (Phi) is 6.99. The molecule has 2 aromatic rings. The van der Waals surface area contributed by atoms with Crippen LogP contribution in [0.3, 0.4) is 0 Å². The Morgan fingerprint density at radius 2 is 2.06 bits per heavy atom. The van der Waals surface area contributed by atoms with Gasteiger partial charge in [-0.3, -0.25) is 14.6 Å². The van der Waals surface area contributed by atoms with Gasteiger partial charge in [-0.05, 0) is 56.5 Å². The second kappa shape index (κ2) is 9.68. The summed E-state index contributed by atoms with van der Waals surface area (Å²) in [7, 11) is 0. The Morgan fingerprint density at radius 3 is 2.81 bits per heavy atom. The van der Waals surface area contributed by atoms with Crippen molar-refractivity contribution in [2.45, 2.75) is 46.1 Å². The monoisotopic (exact) mass is 427 g/mol. The maximum Gasteiger partial charge on any atom is 0.304 e. The normalized spacial score (nSPS) is 18.8. The van der Waals surface area contributed by atoms with E-state index in [0.717, 1.165) is 27.2 Å². The van der Waals surface area contributed by atoms with Crippen LogP contribution in [-0.4, -0.2) is 46.0 Å². The van der Waals surface area contributed by atoms with Crippen molar-refractivity contribution in [2.24, 2.45) is 10.9 Å². The number of ketones is 1. The number of aryl methyl sites for hydroxylation is 2. The van der Waals surface area contributed by atoms with Crippen LogP contribution in [0.5, 0.6) is 5.75 Å². The van der Waals surface area contributed by atoms with E-state index < -0.39 is 17.9 Å². The molecule has 8 nitrogen and oxygen atoms in total. The number of hydrogen-bond donors (Lipinski definition) is 3. The number of benzene rings is 1. The highest BCUT2D eigenvalue weighted by Gasteiger charge is 2.30. The zero-order chi connectivity index (χ0) is 22.5. The van der Waals surface area contributed by atoms with Gasteiger partial charge in [-0.1, -0.05) is 6.07 Å². The number of Topliss-reactive ketones (excluding diaryl/α,β-unsaturated/α-hetero) is 1. The molecule has 2 heterocycles. The summed E-state index contributed by atoms with van der Waals surface area (Å²) in [6.07, 6.45) is 0.904. The van der Waals surface area contributed by atoms with Crippen molar-refractivity contribution in [1.29, 1.82) is 0 Å². The Labute approximate surface area is 181 Å². The molecule has 0 bridgehead atoms. The molecule has 1 aromatic heterocycles. The first-order valence-electron chi connectivity index (χ1n) is 10.4. The van der Waals surface area contributed by atoms with Gasteiger partial charge >= 0.3 is 5.97 Å². The fourth-order valence-corrected chi connectivity index (χ4v) is 3.80. The molecular formula is C23H29N3O5. The smallest absolute Gasteiger partial charge is 0.304 e. The van der Waals surface area contributed by atoms with E-state index in [1.807, 2.05) is 44.2 Å². The molecule has 166 valence electrons. The average Bonchev–Trinajstić information content (AvgIpc) is 2.81. The number of aromatic nitrogens is 1. The van der Waals surface area contributed by atoms with Crippen LogP contribution in [0.2, 0.25) is 0 Å². The maximum atomic E-state index is 12.5. The molecule has 0 spiro atoms. The Balaban J connectivity index is 1.61. The summed E-state index contributed by atoms with van der Waals surface area (Å²) in [6, 6.07) is 8.82. The first-order chi connectivity index (χ1) is 14.7. The third-order valence-electron chi connectivity index (χ3n) is 5.36. The highest BCUT2D eigenvalue weighted by atomic mass is 16.5. The van der Waals surface area contributed by atoms with Crippen molar-refractivity contribution in [2.75, 3.05) is 18.5 Å². The molecule has 3 rings (SSSR count). The van der Waals surface area contributed by atoms with Crippen LogP contribution in [0.4, 0.5) is 5.69 Å². The lowest BCUT2D eigenvalue weighted by Gasteiger charge is -2.15. The third-order valence-corrected chi connectivity index (χ3v) is 5.36. The molecule has 0 radical (unpaired) electrons. The molecule has 0 saturated heterocycles. The van der Waals surface area contributed by atoms with E-state index in [4.69, 9.17) is 9.84 Å². The first-order valence-corrected chi connectivity index (χ1v) is 10.4. The Bertz CT molecular complexity index is 1040. The third kappa shape index (κ3) is 5.65. The predicted octanol–water partition coefficient (Wildman–Crippen LogP) is 2.73. The zero-order valence-electron chi connectivity index (χ0n) is 18.1. The molecule has 3 N–H and O–H groups in total. The molecule has 1 aromatic carbocycles. The van der Waals surface area contributed by atoms with Gasteiger partial charge in [-0.25, -0.2) is 0 Å². The molecule has 1 aliphatic rings. The van der Waals surface area contributed by atoms with Gasteiger partial charge in [0.05, 0.1) is 24.8 Å². The number of nitrogens with zero attached hydrogens (tertiary/aromatic N) is 2. The average molecular weight is 428 g/mol. The largest absolute Gasteiger partial charge is 0.493 e. The number of anilines is 1. The minimum Gasteiger partial charge on any atom is -0.493 e. The van der Waals surface area contributed by atoms with Crippen molar-refractivity contribution in [3.05, 3.63) is 52.6 Å². The van der Waals surface area contributed by atoms with Gasteiger partial charge in [-0.15, -0.1) is 0 Å². The summed E-state index contributed by atoms with van der Waals surface area (Å²) >= 11 is 0. The van der Waals surface area contributed by atoms with E-state index in [1.165, 1.54) is 0 Å². The summed E-state index contributed by atoms with van der Waals surface area (Å²) in [6.45, 7) is 6.49. The summed E-state index contributed by atoms with van der Waals surface area (Å²) in [5.41, 5.74) is 3.99. The van der Waals surface area contributed by atoms with Gasteiger partial charge < -0.3 is 20.4 Å². The summed E-state index contributed by atoms with van der Waals surface area (Å²) < 4.78 is 6.91. The van der Waals surface area contributed by atoms with Crippen molar-refractivity contribution < 1.29 is 24.6 Å². The number of rotatable bonds is 7. The standard InChI is InChI=1S/C23H29N3O5/c1-14-9-15(2)26(30)21(10-14)24-7-4-8-31-19-6-5-17-11-18(12-22(27)28)23(29)16(3)25-20(17)13-19/h5-6,9-10,13,16,18,25,30H,4,7-8,11-12H2,1-3H3,(H,27,28). The molecular weight excluding hydrogens is 398 g/mol. The van der Waals surface area contributed by atoms with E-state index in [-0.39, 0.29) is 12.2 Å². The highest BCUT2D eigenvalue weighted by Crippen LogP contribution is 2.30. The van der Waals surface area contributed by atoms with Gasteiger partial charge in [0.2, 0.25) is 0 Å². The molecule has 2 atom stereocenters. The summed E-state index contributed by atoms with van der Waals surface area (Å²) in [4.78, 5) is 28.0. The van der Waals surface area contributed by atoms with Gasteiger partial charge in [0, 0.05) is 30.6 Å². The van der Waals surface area contributed by atoms with Crippen LogP contribution in [0, 0.1) is 19.8 Å². The minimum absolute atomic E-state index is 0.0878. The van der Waals surface area contributed by atoms with Gasteiger partial charge in [-0.2, -0.15) is 4.73 Å². The fraction of sp³-hybridized carbons (Fsp3) is 0.435. The SMILES string of the molecule is Cc1cc(C)n(O)c(=NCCCOc2ccc3c(c2)NC(C)C(=O)C(CC(=O)O)C3)c1. The number of carboxylic acid groups (broad SMARTS) is 1. The van der Waals surface area contributed by atoms with Crippen LogP contribution in [0.1, 0.15) is 36.6 Å². The fourth-order valence-electron chi connectivity index (χ4n) is 3.80. The molecule has 31 heavy (non-hydrogen) atoms. The second-order valence-electron chi connectivity index (χ2n) is 8.01. The number of carbonyl (C=O) groups excluding carboxylic acids is 1. The molecule has 8 heteroatoms. The topological polar surface area (TPSA) is 113 Å². The number of aliphatic carboxylic acids is 1. The molecule has 0 amide bonds. The Hall–Kier alpha value is -3.29. The minimum atomic E-state index is -0.966. The number of hydrogen-bond acceptors (Lipinski definition) is 6. The number of nitrogens with one attached hydrogen (secondary N) is 1. The van der Waals surface area contributed by atoms with Crippen molar-refractivity contribution in [1.82, 2.24) is 4.73 Å². The van der Waals surface area contributed by atoms with Crippen molar-refractivity contribution in [3.8, 4) is 5.75 Å². The summed E-state index contributed by atoms with van der Waals surface area (Å²) in [5, 5.41) is 22.3. The van der Waals surface area contributed by atoms with Crippen molar-refractivity contribution >= 4 is 17.4 Å². The second-order valence-corrected chi connectivity index (χ2v) is 8.01. The van der Waals surface area contributed by atoms with Gasteiger partial charge in [0.25, 0.3) is 0 Å². The van der Waals surface area contributed by atoms with Crippen LogP contribution in [0.15, 0.2) is 35.3 Å².